The number of rotatable bonds is 5. The van der Waals surface area contributed by atoms with E-state index in [1.54, 1.807) is 20.8 Å². The summed E-state index contributed by atoms with van der Waals surface area (Å²) in [6, 6.07) is 9.29. The van der Waals surface area contributed by atoms with E-state index in [0.29, 0.717) is 0 Å². The first-order valence-electron chi connectivity index (χ1n) is 6.51. The Morgan fingerprint density at radius 2 is 1.76 bits per heavy atom. The smallest absolute Gasteiger partial charge is 0.373 e. The van der Waals surface area contributed by atoms with Crippen molar-refractivity contribution in [1.82, 2.24) is 0 Å². The predicted molar refractivity (Wildman–Crippen MR) is 77.2 cm³/mol. The van der Waals surface area contributed by atoms with E-state index in [1.807, 2.05) is 30.3 Å². The number of hydrogen-bond acceptors (Lipinski definition) is 5. The first-order valence-corrected chi connectivity index (χ1v) is 6.51. The van der Waals surface area contributed by atoms with Crippen LogP contribution in [-0.2, 0) is 30.4 Å². The average Bonchev–Trinajstić information content (AvgIpc) is 2.41. The van der Waals surface area contributed by atoms with Gasteiger partial charge in [0.2, 0.25) is 5.76 Å². The average molecular weight is 292 g/mol. The largest absolute Gasteiger partial charge is 0.481 e. The molecule has 0 N–H and O–H groups in total. The Labute approximate surface area is 124 Å². The van der Waals surface area contributed by atoms with Crippen molar-refractivity contribution in [3.63, 3.8) is 0 Å². The molecular weight excluding hydrogens is 272 g/mol. The summed E-state index contributed by atoms with van der Waals surface area (Å²) in [5.74, 6) is -1.57. The number of carbonyl (C=O) groups excluding carboxylic acids is 2. The number of carbonyl (C=O) groups is 2. The highest BCUT2D eigenvalue weighted by Crippen LogP contribution is 2.11. The molecule has 1 aromatic rings. The molecule has 0 aliphatic heterocycles. The first-order chi connectivity index (χ1) is 9.81. The molecule has 0 aliphatic rings. The van der Waals surface area contributed by atoms with Crippen molar-refractivity contribution in [1.29, 1.82) is 0 Å². The van der Waals surface area contributed by atoms with Gasteiger partial charge in [-0.05, 0) is 26.3 Å². The van der Waals surface area contributed by atoms with Crippen molar-refractivity contribution in [3.05, 3.63) is 47.7 Å². The van der Waals surface area contributed by atoms with Gasteiger partial charge < -0.3 is 14.2 Å². The summed E-state index contributed by atoms with van der Waals surface area (Å²) >= 11 is 0. The van der Waals surface area contributed by atoms with Gasteiger partial charge in [-0.2, -0.15) is 0 Å². The van der Waals surface area contributed by atoms with E-state index in [4.69, 9.17) is 9.47 Å². The molecule has 0 aliphatic carbocycles. The number of methoxy groups -OCH3 is 1. The lowest BCUT2D eigenvalue weighted by molar-refractivity contribution is -0.150. The van der Waals surface area contributed by atoms with Gasteiger partial charge in [0, 0.05) is 0 Å². The van der Waals surface area contributed by atoms with E-state index in [9.17, 15) is 9.59 Å². The lowest BCUT2D eigenvalue weighted by Crippen LogP contribution is -2.23. The molecule has 114 valence electrons. The lowest BCUT2D eigenvalue weighted by atomic mass is 10.2. The Hall–Kier alpha value is -2.30. The standard InChI is InChI=1S/C16H20O5/c1-16(2,3)21-14(17)10-13(15(18)19-4)20-11-12-8-6-5-7-9-12/h5-10H,11H2,1-4H3. The molecule has 0 saturated heterocycles. The maximum absolute atomic E-state index is 11.7. The molecular formula is C16H20O5. The summed E-state index contributed by atoms with van der Waals surface area (Å²) in [6.45, 7) is 5.37. The second-order valence-electron chi connectivity index (χ2n) is 5.31. The third kappa shape index (κ3) is 6.61. The molecule has 0 saturated carbocycles. The minimum absolute atomic E-state index is 0.157. The van der Waals surface area contributed by atoms with E-state index in [-0.39, 0.29) is 12.4 Å². The van der Waals surface area contributed by atoms with Crippen LogP contribution in [0.1, 0.15) is 26.3 Å². The third-order valence-electron chi connectivity index (χ3n) is 2.28. The SMILES string of the molecule is COC(=O)C(=CC(=O)OC(C)(C)C)OCc1ccccc1. The van der Waals surface area contributed by atoms with Crippen LogP contribution in [0.25, 0.3) is 0 Å². The Morgan fingerprint density at radius 3 is 2.29 bits per heavy atom. The summed E-state index contributed by atoms with van der Waals surface area (Å²) < 4.78 is 15.1. The van der Waals surface area contributed by atoms with Crippen molar-refractivity contribution >= 4 is 11.9 Å². The maximum atomic E-state index is 11.7. The van der Waals surface area contributed by atoms with Gasteiger partial charge in [0.25, 0.3) is 0 Å². The van der Waals surface area contributed by atoms with Crippen molar-refractivity contribution in [2.45, 2.75) is 33.0 Å². The highest BCUT2D eigenvalue weighted by molar-refractivity contribution is 5.94. The van der Waals surface area contributed by atoms with Gasteiger partial charge in [-0.1, -0.05) is 30.3 Å². The molecule has 5 heteroatoms. The summed E-state index contributed by atoms with van der Waals surface area (Å²) in [5.41, 5.74) is 0.227. The van der Waals surface area contributed by atoms with E-state index in [1.165, 1.54) is 7.11 Å². The molecule has 0 aromatic heterocycles. The quantitative estimate of drug-likeness (QED) is 0.474. The van der Waals surface area contributed by atoms with Gasteiger partial charge in [0.1, 0.15) is 12.2 Å². The van der Waals surface area contributed by atoms with Gasteiger partial charge in [-0.15, -0.1) is 0 Å². The number of ether oxygens (including phenoxy) is 3. The fourth-order valence-corrected chi connectivity index (χ4v) is 1.43. The predicted octanol–water partition coefficient (Wildman–Crippen LogP) is 2.60. The lowest BCUT2D eigenvalue weighted by Gasteiger charge is -2.18. The number of benzene rings is 1. The third-order valence-corrected chi connectivity index (χ3v) is 2.28. The fraction of sp³-hybridized carbons (Fsp3) is 0.375. The van der Waals surface area contributed by atoms with Crippen LogP contribution in [0, 0.1) is 0 Å². The highest BCUT2D eigenvalue weighted by atomic mass is 16.6. The minimum Gasteiger partial charge on any atom is -0.481 e. The molecule has 0 atom stereocenters. The van der Waals surface area contributed by atoms with Crippen molar-refractivity contribution < 1.29 is 23.8 Å². The van der Waals surface area contributed by atoms with Gasteiger partial charge in [0.05, 0.1) is 13.2 Å². The van der Waals surface area contributed by atoms with Crippen LogP contribution in [0.3, 0.4) is 0 Å². The Balaban J connectivity index is 2.76. The second-order valence-corrected chi connectivity index (χ2v) is 5.31. The first kappa shape index (κ1) is 16.8. The van der Waals surface area contributed by atoms with Crippen molar-refractivity contribution in [2.75, 3.05) is 7.11 Å². The van der Waals surface area contributed by atoms with Gasteiger partial charge >= 0.3 is 11.9 Å². The van der Waals surface area contributed by atoms with Crippen LogP contribution < -0.4 is 0 Å². The van der Waals surface area contributed by atoms with E-state index in [2.05, 4.69) is 4.74 Å². The highest BCUT2D eigenvalue weighted by Gasteiger charge is 2.19. The summed E-state index contributed by atoms with van der Waals surface area (Å²) in [7, 11) is 1.22. The topological polar surface area (TPSA) is 61.8 Å². The molecule has 0 heterocycles. The maximum Gasteiger partial charge on any atom is 0.373 e. The monoisotopic (exact) mass is 292 g/mol. The van der Waals surface area contributed by atoms with Crippen LogP contribution in [0.4, 0.5) is 0 Å². The van der Waals surface area contributed by atoms with E-state index < -0.39 is 17.5 Å². The number of hydrogen-bond donors (Lipinski definition) is 0. The van der Waals surface area contributed by atoms with Crippen LogP contribution in [0.15, 0.2) is 42.2 Å². The summed E-state index contributed by atoms with van der Waals surface area (Å²) in [4.78, 5) is 23.3. The van der Waals surface area contributed by atoms with Crippen molar-refractivity contribution in [3.8, 4) is 0 Å². The zero-order valence-electron chi connectivity index (χ0n) is 12.7. The second kappa shape index (κ2) is 7.47. The van der Waals surface area contributed by atoms with Gasteiger partial charge in [-0.3, -0.25) is 0 Å². The van der Waals surface area contributed by atoms with E-state index >= 15 is 0 Å². The van der Waals surface area contributed by atoms with Crippen LogP contribution in [0.2, 0.25) is 0 Å². The molecule has 0 amide bonds. The Morgan fingerprint density at radius 1 is 1.14 bits per heavy atom. The zero-order chi connectivity index (χ0) is 15.9. The van der Waals surface area contributed by atoms with Gasteiger partial charge in [0.15, 0.2) is 0 Å². The minimum atomic E-state index is -0.725. The molecule has 1 aromatic carbocycles. The molecule has 0 bridgehead atoms. The summed E-state index contributed by atoms with van der Waals surface area (Å²) in [5, 5.41) is 0. The number of esters is 2. The van der Waals surface area contributed by atoms with E-state index in [0.717, 1.165) is 11.6 Å². The molecule has 0 fully saturated rings. The van der Waals surface area contributed by atoms with Gasteiger partial charge in [-0.25, -0.2) is 9.59 Å². The molecule has 0 radical (unpaired) electrons. The molecule has 1 rings (SSSR count). The van der Waals surface area contributed by atoms with Crippen LogP contribution in [0.5, 0.6) is 0 Å². The molecule has 21 heavy (non-hydrogen) atoms. The van der Waals surface area contributed by atoms with Crippen LogP contribution in [-0.4, -0.2) is 24.6 Å². The van der Waals surface area contributed by atoms with Crippen LogP contribution >= 0.6 is 0 Å². The Kier molecular flexibility index (Phi) is 5.96. The van der Waals surface area contributed by atoms with Crippen molar-refractivity contribution in [2.24, 2.45) is 0 Å². The zero-order valence-corrected chi connectivity index (χ0v) is 12.7. The molecule has 0 unspecified atom stereocenters. The molecule has 0 spiro atoms. The fourth-order valence-electron chi connectivity index (χ4n) is 1.43. The normalized spacial score (nSPS) is 11.7. The Bertz CT molecular complexity index is 511. The molecule has 5 nitrogen and oxygen atoms in total. The summed E-state index contributed by atoms with van der Waals surface area (Å²) in [6.07, 6.45) is 1.00.